The van der Waals surface area contributed by atoms with Crippen molar-refractivity contribution in [2.45, 2.75) is 13.0 Å². The molecule has 5 heterocycles. The molecule has 6 aromatic rings. The van der Waals surface area contributed by atoms with Crippen molar-refractivity contribution in [3.05, 3.63) is 65.5 Å². The SMILES string of the molecule is C[C@H]1CN(c2cc(-n3c(-c4cncn4C)nc4cc(-c5cnn(C)c5)c(F)cc43)cc3c2n(C)c(=O)n3C)CCO1. The molecule has 1 aliphatic rings. The number of imidazole rings is 3. The number of nitrogens with zero attached hydrogens (tertiary/aromatic N) is 9. The molecule has 11 nitrogen and oxygen atoms in total. The van der Waals surface area contributed by atoms with Crippen molar-refractivity contribution in [1.82, 2.24) is 38.0 Å². The van der Waals surface area contributed by atoms with Crippen molar-refractivity contribution in [3.63, 3.8) is 0 Å². The Morgan fingerprint density at radius 3 is 2.56 bits per heavy atom. The number of rotatable bonds is 4. The Balaban J connectivity index is 1.54. The van der Waals surface area contributed by atoms with Gasteiger partial charge in [0.15, 0.2) is 5.82 Å². The second-order valence-corrected chi connectivity index (χ2v) is 10.7. The van der Waals surface area contributed by atoms with Gasteiger partial charge in [-0.15, -0.1) is 0 Å². The average molecular weight is 556 g/mol. The number of morpholine rings is 1. The first-order valence-electron chi connectivity index (χ1n) is 13.5. The highest BCUT2D eigenvalue weighted by atomic mass is 19.1. The first kappa shape index (κ1) is 25.3. The van der Waals surface area contributed by atoms with Gasteiger partial charge >= 0.3 is 5.69 Å². The first-order valence-corrected chi connectivity index (χ1v) is 13.5. The lowest BCUT2D eigenvalue weighted by molar-refractivity contribution is 0.0533. The van der Waals surface area contributed by atoms with Gasteiger partial charge in [0.25, 0.3) is 0 Å². The number of anilines is 1. The van der Waals surface area contributed by atoms with E-state index in [1.165, 1.54) is 6.07 Å². The summed E-state index contributed by atoms with van der Waals surface area (Å²) in [5.74, 6) is 0.239. The Morgan fingerprint density at radius 1 is 1.02 bits per heavy atom. The second kappa shape index (κ2) is 9.16. The Kier molecular flexibility index (Phi) is 5.65. The maximum Gasteiger partial charge on any atom is 0.328 e. The summed E-state index contributed by atoms with van der Waals surface area (Å²) in [4.78, 5) is 24.7. The van der Waals surface area contributed by atoms with Crippen LogP contribution in [0.2, 0.25) is 0 Å². The molecule has 1 atom stereocenters. The molecule has 1 saturated heterocycles. The van der Waals surface area contributed by atoms with Gasteiger partial charge in [-0.2, -0.15) is 5.10 Å². The van der Waals surface area contributed by atoms with E-state index in [0.717, 1.165) is 28.1 Å². The lowest BCUT2D eigenvalue weighted by Gasteiger charge is -2.33. The number of benzene rings is 2. The number of aromatic nitrogens is 8. The minimum Gasteiger partial charge on any atom is -0.375 e. The summed E-state index contributed by atoms with van der Waals surface area (Å²) < 4.78 is 30.4. The Hall–Kier alpha value is -4.71. The van der Waals surface area contributed by atoms with Gasteiger partial charge in [-0.25, -0.2) is 19.2 Å². The monoisotopic (exact) mass is 555 g/mol. The first-order chi connectivity index (χ1) is 19.7. The van der Waals surface area contributed by atoms with Gasteiger partial charge in [0.2, 0.25) is 0 Å². The van der Waals surface area contributed by atoms with Gasteiger partial charge in [-0.3, -0.25) is 18.4 Å². The molecule has 12 heteroatoms. The fourth-order valence-corrected chi connectivity index (χ4v) is 5.91. The van der Waals surface area contributed by atoms with Crippen LogP contribution < -0.4 is 10.6 Å². The maximum absolute atomic E-state index is 15.8. The lowest BCUT2D eigenvalue weighted by atomic mass is 10.1. The second-order valence-electron chi connectivity index (χ2n) is 10.7. The maximum atomic E-state index is 15.8. The molecule has 41 heavy (non-hydrogen) atoms. The zero-order chi connectivity index (χ0) is 28.6. The van der Waals surface area contributed by atoms with Gasteiger partial charge in [0.1, 0.15) is 11.5 Å². The molecule has 0 amide bonds. The van der Waals surface area contributed by atoms with Crippen LogP contribution in [-0.2, 0) is 32.9 Å². The molecule has 0 N–H and O–H groups in total. The highest BCUT2D eigenvalue weighted by molar-refractivity contribution is 5.94. The van der Waals surface area contributed by atoms with Crippen molar-refractivity contribution in [1.29, 1.82) is 0 Å². The van der Waals surface area contributed by atoms with E-state index >= 15 is 4.39 Å². The van der Waals surface area contributed by atoms with Crippen LogP contribution in [0.25, 0.3) is 50.4 Å². The minimum atomic E-state index is -0.376. The zero-order valence-corrected chi connectivity index (χ0v) is 23.5. The number of aryl methyl sites for hydroxylation is 4. The number of fused-ring (bicyclic) bond motifs is 2. The van der Waals surface area contributed by atoms with Crippen molar-refractivity contribution in [2.24, 2.45) is 28.2 Å². The summed E-state index contributed by atoms with van der Waals surface area (Å²) in [6.45, 7) is 4.01. The number of hydrogen-bond acceptors (Lipinski definition) is 6. The molecule has 4 aromatic heterocycles. The minimum absolute atomic E-state index is 0.0438. The summed E-state index contributed by atoms with van der Waals surface area (Å²) in [5, 5.41) is 4.21. The summed E-state index contributed by atoms with van der Waals surface area (Å²) in [5.41, 5.74) is 6.28. The fourth-order valence-electron chi connectivity index (χ4n) is 5.91. The van der Waals surface area contributed by atoms with E-state index in [9.17, 15) is 4.79 Å². The van der Waals surface area contributed by atoms with Gasteiger partial charge in [-0.05, 0) is 25.1 Å². The molecule has 0 bridgehead atoms. The number of ether oxygens (including phenoxy) is 1. The fraction of sp³-hybridized carbons (Fsp3) is 0.310. The third kappa shape index (κ3) is 3.89. The van der Waals surface area contributed by atoms with Crippen LogP contribution >= 0.6 is 0 Å². The molecule has 0 aliphatic carbocycles. The number of halogens is 1. The van der Waals surface area contributed by atoms with Gasteiger partial charge < -0.3 is 14.2 Å². The van der Waals surface area contributed by atoms with E-state index < -0.39 is 0 Å². The molecule has 1 aliphatic heterocycles. The normalized spacial score (nSPS) is 16.0. The van der Waals surface area contributed by atoms with Crippen LogP contribution in [0.5, 0.6) is 0 Å². The van der Waals surface area contributed by atoms with E-state index in [1.807, 2.05) is 29.2 Å². The van der Waals surface area contributed by atoms with E-state index in [-0.39, 0.29) is 17.6 Å². The molecule has 0 radical (unpaired) electrons. The van der Waals surface area contributed by atoms with Crippen LogP contribution in [0.1, 0.15) is 6.92 Å². The summed E-state index contributed by atoms with van der Waals surface area (Å²) in [6.07, 6.45) is 6.93. The largest absolute Gasteiger partial charge is 0.375 e. The Bertz CT molecular complexity index is 2030. The Labute approximate surface area is 234 Å². The lowest BCUT2D eigenvalue weighted by Crippen LogP contribution is -2.41. The quantitative estimate of drug-likeness (QED) is 0.331. The van der Waals surface area contributed by atoms with Crippen LogP contribution in [0.4, 0.5) is 10.1 Å². The molecule has 0 unspecified atom stereocenters. The van der Waals surface area contributed by atoms with Gasteiger partial charge in [0, 0.05) is 64.7 Å². The standard InChI is InChI=1S/C29H30FN9O2/c1-17-14-38(6-7-41-17)25-9-19(8-24-27(25)37(5)29(40)36(24)4)39-23-11-21(30)20(18-12-32-35(3)15-18)10-22(23)33-28(39)26-13-31-16-34(26)2/h8-13,15-17H,6-7,14H2,1-5H3/t17-/m0/s1. The van der Waals surface area contributed by atoms with Crippen molar-refractivity contribution < 1.29 is 9.13 Å². The smallest absolute Gasteiger partial charge is 0.328 e. The van der Waals surface area contributed by atoms with Gasteiger partial charge in [0.05, 0.1) is 64.9 Å². The van der Waals surface area contributed by atoms with Crippen LogP contribution in [-0.4, -0.2) is 63.8 Å². The molecule has 1 fully saturated rings. The predicted molar refractivity (Wildman–Crippen MR) is 155 cm³/mol. The third-order valence-electron chi connectivity index (χ3n) is 7.97. The van der Waals surface area contributed by atoms with Gasteiger partial charge in [-0.1, -0.05) is 0 Å². The third-order valence-corrected chi connectivity index (χ3v) is 7.97. The summed E-state index contributed by atoms with van der Waals surface area (Å²) in [6, 6.07) is 7.32. The van der Waals surface area contributed by atoms with E-state index in [0.29, 0.717) is 47.7 Å². The molecular weight excluding hydrogens is 525 g/mol. The van der Waals surface area contributed by atoms with Crippen LogP contribution in [0.3, 0.4) is 0 Å². The van der Waals surface area contributed by atoms with Crippen molar-refractivity contribution in [3.8, 4) is 28.3 Å². The molecule has 0 saturated carbocycles. The van der Waals surface area contributed by atoms with E-state index in [1.54, 1.807) is 65.9 Å². The highest BCUT2D eigenvalue weighted by Crippen LogP contribution is 2.37. The Morgan fingerprint density at radius 2 is 1.85 bits per heavy atom. The van der Waals surface area contributed by atoms with Crippen LogP contribution in [0, 0.1) is 5.82 Å². The summed E-state index contributed by atoms with van der Waals surface area (Å²) >= 11 is 0. The molecule has 2 aromatic carbocycles. The average Bonchev–Trinajstić information content (AvgIpc) is 3.71. The molecule has 210 valence electrons. The topological polar surface area (TPSA) is 92.9 Å². The highest BCUT2D eigenvalue weighted by Gasteiger charge is 2.26. The molecule has 7 rings (SSSR count). The molecular formula is C29H30FN9O2. The zero-order valence-electron chi connectivity index (χ0n) is 23.5. The van der Waals surface area contributed by atoms with Crippen LogP contribution in [0.15, 0.2) is 54.0 Å². The number of hydrogen-bond donors (Lipinski definition) is 0. The van der Waals surface area contributed by atoms with E-state index in [4.69, 9.17) is 9.72 Å². The van der Waals surface area contributed by atoms with E-state index in [2.05, 4.69) is 21.0 Å². The predicted octanol–water partition coefficient (Wildman–Crippen LogP) is 3.38. The molecule has 0 spiro atoms. The van der Waals surface area contributed by atoms with Crippen molar-refractivity contribution >= 4 is 27.8 Å². The van der Waals surface area contributed by atoms with Crippen molar-refractivity contribution in [2.75, 3.05) is 24.6 Å². The summed E-state index contributed by atoms with van der Waals surface area (Å²) in [7, 11) is 7.27.